The van der Waals surface area contributed by atoms with Gasteiger partial charge in [-0.3, -0.25) is 4.79 Å². The lowest BCUT2D eigenvalue weighted by molar-refractivity contribution is 0.0917. The first-order valence-corrected chi connectivity index (χ1v) is 4.94. The van der Waals surface area contributed by atoms with Crippen molar-refractivity contribution >= 4 is 5.91 Å². The van der Waals surface area contributed by atoms with Crippen LogP contribution in [0.3, 0.4) is 0 Å². The van der Waals surface area contributed by atoms with Gasteiger partial charge in [-0.15, -0.1) is 0 Å². The minimum absolute atomic E-state index is 0.137. The third kappa shape index (κ3) is 3.36. The first-order valence-electron chi connectivity index (χ1n) is 4.94. The van der Waals surface area contributed by atoms with Crippen molar-refractivity contribution in [2.75, 3.05) is 13.2 Å². The number of carbonyl (C=O) groups excluding carboxylic acids is 1. The number of aryl methyl sites for hydroxylation is 1. The van der Waals surface area contributed by atoms with E-state index in [1.807, 2.05) is 6.92 Å². The van der Waals surface area contributed by atoms with E-state index >= 15 is 0 Å². The maximum absolute atomic E-state index is 11.5. The van der Waals surface area contributed by atoms with Gasteiger partial charge >= 0.3 is 0 Å². The Labute approximate surface area is 88.5 Å². The Balaban J connectivity index is 2.40. The van der Waals surface area contributed by atoms with Crippen molar-refractivity contribution in [3.8, 4) is 0 Å². The van der Waals surface area contributed by atoms with E-state index in [2.05, 4.69) is 10.3 Å². The van der Waals surface area contributed by atoms with Gasteiger partial charge in [-0.2, -0.15) is 0 Å². The molecule has 0 bridgehead atoms. The Bertz CT molecular complexity index is 322. The molecule has 0 aliphatic heterocycles. The van der Waals surface area contributed by atoms with Crippen molar-refractivity contribution in [3.05, 3.63) is 17.8 Å². The van der Waals surface area contributed by atoms with Crippen LogP contribution in [0.1, 0.15) is 29.6 Å². The van der Waals surface area contributed by atoms with Gasteiger partial charge in [0.05, 0.1) is 5.69 Å². The van der Waals surface area contributed by atoms with Gasteiger partial charge in [0.15, 0.2) is 6.39 Å². The number of carbonyl (C=O) groups is 1. The number of amides is 1. The molecular weight excluding hydrogens is 196 g/mol. The molecule has 1 rings (SSSR count). The van der Waals surface area contributed by atoms with Gasteiger partial charge < -0.3 is 14.8 Å². The van der Waals surface area contributed by atoms with Gasteiger partial charge in [-0.1, -0.05) is 6.92 Å². The molecule has 2 N–H and O–H groups in total. The average Bonchev–Trinajstić information content (AvgIpc) is 2.61. The largest absolute Gasteiger partial charge is 0.438 e. The Hall–Kier alpha value is -1.36. The Morgan fingerprint density at radius 1 is 1.73 bits per heavy atom. The zero-order valence-electron chi connectivity index (χ0n) is 8.99. The second-order valence-electron chi connectivity index (χ2n) is 3.59. The highest BCUT2D eigenvalue weighted by molar-refractivity contribution is 5.92. The summed E-state index contributed by atoms with van der Waals surface area (Å²) < 4.78 is 4.95. The molecule has 1 atom stereocenters. The summed E-state index contributed by atoms with van der Waals surface area (Å²) in [5, 5.41) is 11.4. The van der Waals surface area contributed by atoms with Crippen LogP contribution in [0.4, 0.5) is 0 Å². The summed E-state index contributed by atoms with van der Waals surface area (Å²) in [5.74, 6) is 0.253. The molecule has 84 valence electrons. The van der Waals surface area contributed by atoms with Crippen molar-refractivity contribution in [1.82, 2.24) is 10.3 Å². The van der Waals surface area contributed by atoms with Gasteiger partial charge in [0.25, 0.3) is 5.91 Å². The number of aliphatic hydroxyl groups is 1. The quantitative estimate of drug-likeness (QED) is 0.754. The maximum atomic E-state index is 11.5. The highest BCUT2D eigenvalue weighted by Crippen LogP contribution is 2.05. The fourth-order valence-corrected chi connectivity index (χ4v) is 1.19. The molecule has 0 fully saturated rings. The number of nitrogens with one attached hydrogen (secondary N) is 1. The fraction of sp³-hybridized carbons (Fsp3) is 0.600. The third-order valence-corrected chi connectivity index (χ3v) is 2.18. The summed E-state index contributed by atoms with van der Waals surface area (Å²) in [5.41, 5.74) is 0.585. The molecule has 1 amide bonds. The summed E-state index contributed by atoms with van der Waals surface area (Å²) in [4.78, 5) is 15.4. The number of aromatic nitrogens is 1. The zero-order chi connectivity index (χ0) is 11.3. The van der Waals surface area contributed by atoms with Crippen LogP contribution in [0, 0.1) is 12.8 Å². The average molecular weight is 212 g/mol. The van der Waals surface area contributed by atoms with Crippen molar-refractivity contribution in [2.45, 2.75) is 20.3 Å². The summed E-state index contributed by atoms with van der Waals surface area (Å²) >= 11 is 0. The standard InChI is InChI=1S/C10H16N2O3/c1-7(3-4-13)5-11-10(14)9-8(2)12-6-15-9/h6-7,13H,3-5H2,1-2H3,(H,11,14). The van der Waals surface area contributed by atoms with Gasteiger partial charge in [0.1, 0.15) is 0 Å². The number of nitrogens with zero attached hydrogens (tertiary/aromatic N) is 1. The topological polar surface area (TPSA) is 75.4 Å². The van der Waals surface area contributed by atoms with E-state index in [9.17, 15) is 4.79 Å². The van der Waals surface area contributed by atoms with Crippen LogP contribution in [0.2, 0.25) is 0 Å². The van der Waals surface area contributed by atoms with Crippen LogP contribution in [0.15, 0.2) is 10.8 Å². The van der Waals surface area contributed by atoms with Gasteiger partial charge in [0, 0.05) is 13.2 Å². The van der Waals surface area contributed by atoms with Crippen molar-refractivity contribution in [3.63, 3.8) is 0 Å². The van der Waals surface area contributed by atoms with Crippen molar-refractivity contribution in [2.24, 2.45) is 5.92 Å². The van der Waals surface area contributed by atoms with E-state index in [-0.39, 0.29) is 24.2 Å². The number of rotatable bonds is 5. The van der Waals surface area contributed by atoms with Crippen molar-refractivity contribution < 1.29 is 14.3 Å². The number of oxazole rings is 1. The number of hydrogen-bond donors (Lipinski definition) is 2. The van der Waals surface area contributed by atoms with E-state index < -0.39 is 0 Å². The van der Waals surface area contributed by atoms with Gasteiger partial charge in [-0.25, -0.2) is 4.98 Å². The highest BCUT2D eigenvalue weighted by atomic mass is 16.3. The molecule has 0 spiro atoms. The third-order valence-electron chi connectivity index (χ3n) is 2.18. The molecule has 0 aromatic carbocycles. The van der Waals surface area contributed by atoms with E-state index in [1.54, 1.807) is 6.92 Å². The molecule has 0 radical (unpaired) electrons. The number of aliphatic hydroxyl groups excluding tert-OH is 1. The summed E-state index contributed by atoms with van der Waals surface area (Å²) in [6, 6.07) is 0. The molecule has 1 aromatic rings. The molecule has 1 aromatic heterocycles. The minimum Gasteiger partial charge on any atom is -0.438 e. The summed E-state index contributed by atoms with van der Waals surface area (Å²) in [7, 11) is 0. The smallest absolute Gasteiger partial charge is 0.289 e. The Morgan fingerprint density at radius 2 is 2.47 bits per heavy atom. The van der Waals surface area contributed by atoms with Gasteiger partial charge in [-0.05, 0) is 19.3 Å². The van der Waals surface area contributed by atoms with Crippen LogP contribution < -0.4 is 5.32 Å². The van der Waals surface area contributed by atoms with E-state index in [0.717, 1.165) is 0 Å². The van der Waals surface area contributed by atoms with Crippen LogP contribution in [0.5, 0.6) is 0 Å². The molecule has 1 unspecified atom stereocenters. The second kappa shape index (κ2) is 5.50. The van der Waals surface area contributed by atoms with Crippen LogP contribution in [0.25, 0.3) is 0 Å². The molecule has 0 saturated carbocycles. The molecule has 0 saturated heterocycles. The van der Waals surface area contributed by atoms with Crippen LogP contribution >= 0.6 is 0 Å². The highest BCUT2D eigenvalue weighted by Gasteiger charge is 2.14. The first kappa shape index (κ1) is 11.7. The van der Waals surface area contributed by atoms with Crippen molar-refractivity contribution in [1.29, 1.82) is 0 Å². The minimum atomic E-state index is -0.255. The molecule has 0 aliphatic carbocycles. The first-order chi connectivity index (χ1) is 7.15. The Kier molecular flexibility index (Phi) is 4.30. The molecule has 5 nitrogen and oxygen atoms in total. The summed E-state index contributed by atoms with van der Waals surface area (Å²) in [6.45, 7) is 4.34. The van der Waals surface area contributed by atoms with Crippen LogP contribution in [-0.2, 0) is 0 Å². The normalized spacial score (nSPS) is 12.5. The lowest BCUT2D eigenvalue weighted by Gasteiger charge is -2.09. The molecule has 15 heavy (non-hydrogen) atoms. The second-order valence-corrected chi connectivity index (χ2v) is 3.59. The van der Waals surface area contributed by atoms with E-state index in [1.165, 1.54) is 6.39 Å². The lowest BCUT2D eigenvalue weighted by atomic mass is 10.1. The predicted octanol–water partition coefficient (Wildman–Crippen LogP) is 0.731. The molecule has 1 heterocycles. The number of hydrogen-bond acceptors (Lipinski definition) is 4. The predicted molar refractivity (Wildman–Crippen MR) is 54.4 cm³/mol. The van der Waals surface area contributed by atoms with Crippen LogP contribution in [-0.4, -0.2) is 29.1 Å². The molecular formula is C10H16N2O3. The summed E-state index contributed by atoms with van der Waals surface area (Å²) in [6.07, 6.45) is 1.93. The SMILES string of the molecule is Cc1ncoc1C(=O)NCC(C)CCO. The lowest BCUT2D eigenvalue weighted by Crippen LogP contribution is -2.28. The Morgan fingerprint density at radius 3 is 3.00 bits per heavy atom. The zero-order valence-corrected chi connectivity index (χ0v) is 8.99. The molecule has 0 aliphatic rings. The van der Waals surface area contributed by atoms with E-state index in [0.29, 0.717) is 18.7 Å². The fourth-order valence-electron chi connectivity index (χ4n) is 1.19. The molecule has 5 heteroatoms. The maximum Gasteiger partial charge on any atom is 0.289 e. The van der Waals surface area contributed by atoms with E-state index in [4.69, 9.17) is 9.52 Å². The van der Waals surface area contributed by atoms with Gasteiger partial charge in [0.2, 0.25) is 5.76 Å². The monoisotopic (exact) mass is 212 g/mol.